The van der Waals surface area contributed by atoms with Crippen LogP contribution in [0, 0.1) is 13.8 Å². The van der Waals surface area contributed by atoms with Crippen LogP contribution in [0.4, 0.5) is 0 Å². The van der Waals surface area contributed by atoms with Crippen LogP contribution in [-0.4, -0.2) is 16.8 Å². The predicted octanol–water partition coefficient (Wildman–Crippen LogP) is 3.96. The Morgan fingerprint density at radius 2 is 2.10 bits per heavy atom. The highest BCUT2D eigenvalue weighted by atomic mass is 79.9. The molecule has 20 heavy (non-hydrogen) atoms. The summed E-state index contributed by atoms with van der Waals surface area (Å²) in [6, 6.07) is 6.66. The van der Waals surface area contributed by atoms with Gasteiger partial charge in [0.1, 0.15) is 5.15 Å². The van der Waals surface area contributed by atoms with Crippen LogP contribution in [0.25, 0.3) is 0 Å². The number of nitrogens with one attached hydrogen (secondary N) is 1. The average molecular weight is 357 g/mol. The maximum absolute atomic E-state index is 6.32. The molecule has 0 spiro atoms. The molecule has 2 rings (SSSR count). The fourth-order valence-corrected chi connectivity index (χ4v) is 2.97. The van der Waals surface area contributed by atoms with Gasteiger partial charge in [0.15, 0.2) is 0 Å². The normalized spacial score (nSPS) is 12.7. The van der Waals surface area contributed by atoms with Gasteiger partial charge in [-0.05, 0) is 44.5 Å². The number of nitrogens with zero attached hydrogens (tertiary/aromatic N) is 2. The number of rotatable bonds is 4. The maximum atomic E-state index is 6.32. The molecule has 0 aliphatic carbocycles. The van der Waals surface area contributed by atoms with Crippen molar-refractivity contribution in [2.75, 3.05) is 7.05 Å². The van der Waals surface area contributed by atoms with E-state index >= 15 is 0 Å². The Morgan fingerprint density at radius 3 is 2.60 bits per heavy atom. The molecule has 0 saturated heterocycles. The van der Waals surface area contributed by atoms with Crippen LogP contribution in [0.2, 0.25) is 5.15 Å². The molecule has 1 aromatic carbocycles. The van der Waals surface area contributed by atoms with E-state index in [0.717, 1.165) is 22.2 Å². The first kappa shape index (κ1) is 15.5. The molecular weight excluding hydrogens is 338 g/mol. The van der Waals surface area contributed by atoms with E-state index in [1.54, 1.807) is 4.68 Å². The van der Waals surface area contributed by atoms with Gasteiger partial charge >= 0.3 is 0 Å². The van der Waals surface area contributed by atoms with Gasteiger partial charge in [-0.1, -0.05) is 39.7 Å². The molecule has 1 N–H and O–H groups in total. The van der Waals surface area contributed by atoms with E-state index in [-0.39, 0.29) is 6.04 Å². The minimum absolute atomic E-state index is 0.215. The maximum Gasteiger partial charge on any atom is 0.130 e. The highest BCUT2D eigenvalue weighted by Gasteiger charge is 2.18. The van der Waals surface area contributed by atoms with E-state index < -0.39 is 0 Å². The highest BCUT2D eigenvalue weighted by Crippen LogP contribution is 2.28. The van der Waals surface area contributed by atoms with Crippen LogP contribution >= 0.6 is 27.5 Å². The Balaban J connectivity index is 2.31. The molecule has 0 aliphatic heterocycles. The average Bonchev–Trinajstić information content (AvgIpc) is 2.65. The predicted molar refractivity (Wildman–Crippen MR) is 87.3 cm³/mol. The van der Waals surface area contributed by atoms with Gasteiger partial charge in [-0.25, -0.2) is 0 Å². The summed E-state index contributed by atoms with van der Waals surface area (Å²) in [4.78, 5) is 0. The molecule has 1 heterocycles. The van der Waals surface area contributed by atoms with Gasteiger partial charge in [-0.15, -0.1) is 0 Å². The molecule has 1 aromatic heterocycles. The van der Waals surface area contributed by atoms with E-state index in [4.69, 9.17) is 11.6 Å². The zero-order valence-electron chi connectivity index (χ0n) is 12.2. The molecule has 1 atom stereocenters. The van der Waals surface area contributed by atoms with Crippen molar-refractivity contribution < 1.29 is 0 Å². The van der Waals surface area contributed by atoms with Gasteiger partial charge in [0.2, 0.25) is 0 Å². The van der Waals surface area contributed by atoms with Crippen LogP contribution in [0.15, 0.2) is 22.7 Å². The first-order valence-electron chi connectivity index (χ1n) is 6.55. The standard InChI is InChI=1S/C15H19BrClN3/c1-9-5-6-11(7-13(9)16)14(18-3)8-12-10(2)19-20(4)15(12)17/h5-7,14,18H,8H2,1-4H3. The summed E-state index contributed by atoms with van der Waals surface area (Å²) in [7, 11) is 3.84. The van der Waals surface area contributed by atoms with Gasteiger partial charge < -0.3 is 5.32 Å². The highest BCUT2D eigenvalue weighted by molar-refractivity contribution is 9.10. The van der Waals surface area contributed by atoms with Crippen molar-refractivity contribution in [3.05, 3.63) is 50.2 Å². The largest absolute Gasteiger partial charge is 0.313 e. The van der Waals surface area contributed by atoms with Gasteiger partial charge in [0.05, 0.1) is 5.69 Å². The van der Waals surface area contributed by atoms with E-state index in [9.17, 15) is 0 Å². The van der Waals surface area contributed by atoms with Crippen molar-refractivity contribution in [2.24, 2.45) is 7.05 Å². The molecule has 1 unspecified atom stereocenters. The first-order chi connectivity index (χ1) is 9.43. The zero-order valence-corrected chi connectivity index (χ0v) is 14.5. The summed E-state index contributed by atoms with van der Waals surface area (Å²) < 4.78 is 2.86. The molecule has 0 amide bonds. The number of benzene rings is 1. The van der Waals surface area contributed by atoms with Gasteiger partial charge in [-0.2, -0.15) is 5.10 Å². The van der Waals surface area contributed by atoms with Crippen LogP contribution in [0.5, 0.6) is 0 Å². The van der Waals surface area contributed by atoms with E-state index in [0.29, 0.717) is 5.15 Å². The van der Waals surface area contributed by atoms with Gasteiger partial charge in [-0.3, -0.25) is 4.68 Å². The molecule has 3 nitrogen and oxygen atoms in total. The summed E-state index contributed by atoms with van der Waals surface area (Å²) >= 11 is 9.91. The lowest BCUT2D eigenvalue weighted by Gasteiger charge is -2.17. The lowest BCUT2D eigenvalue weighted by molar-refractivity contribution is 0.590. The molecule has 0 fully saturated rings. The van der Waals surface area contributed by atoms with Crippen molar-refractivity contribution in [2.45, 2.75) is 26.3 Å². The minimum Gasteiger partial charge on any atom is -0.313 e. The van der Waals surface area contributed by atoms with Crippen molar-refractivity contribution in [3.63, 3.8) is 0 Å². The van der Waals surface area contributed by atoms with E-state index in [2.05, 4.69) is 51.5 Å². The molecule has 0 bridgehead atoms. The molecular formula is C15H19BrClN3. The number of hydrogen-bond donors (Lipinski definition) is 1. The van der Waals surface area contributed by atoms with Crippen LogP contribution in [0.1, 0.15) is 28.4 Å². The smallest absolute Gasteiger partial charge is 0.130 e. The van der Waals surface area contributed by atoms with Crippen molar-refractivity contribution >= 4 is 27.5 Å². The van der Waals surface area contributed by atoms with Crippen LogP contribution in [-0.2, 0) is 13.5 Å². The van der Waals surface area contributed by atoms with Crippen molar-refractivity contribution in [1.82, 2.24) is 15.1 Å². The topological polar surface area (TPSA) is 29.9 Å². The molecule has 0 aliphatic rings. The summed E-state index contributed by atoms with van der Waals surface area (Å²) in [5.41, 5.74) is 4.57. The summed E-state index contributed by atoms with van der Waals surface area (Å²) in [6.07, 6.45) is 0.824. The molecule has 108 valence electrons. The summed E-state index contributed by atoms with van der Waals surface area (Å²) in [5.74, 6) is 0. The van der Waals surface area contributed by atoms with Crippen molar-refractivity contribution in [1.29, 1.82) is 0 Å². The van der Waals surface area contributed by atoms with E-state index in [1.165, 1.54) is 11.1 Å². The third kappa shape index (κ3) is 3.08. The van der Waals surface area contributed by atoms with Crippen molar-refractivity contribution in [3.8, 4) is 0 Å². The van der Waals surface area contributed by atoms with Crippen LogP contribution < -0.4 is 5.32 Å². The number of halogens is 2. The number of likely N-dealkylation sites (N-methyl/N-ethyl adjacent to an activating group) is 1. The third-order valence-electron chi connectivity index (χ3n) is 3.62. The molecule has 0 saturated carbocycles. The lowest BCUT2D eigenvalue weighted by atomic mass is 9.98. The quantitative estimate of drug-likeness (QED) is 0.899. The summed E-state index contributed by atoms with van der Waals surface area (Å²) in [5, 5.41) is 8.45. The Labute approximate surface area is 133 Å². The number of hydrogen-bond acceptors (Lipinski definition) is 2. The third-order valence-corrected chi connectivity index (χ3v) is 4.95. The minimum atomic E-state index is 0.215. The Bertz CT molecular complexity index is 622. The second-order valence-corrected chi connectivity index (χ2v) is 6.24. The number of aromatic nitrogens is 2. The Hall–Kier alpha value is -0.840. The second-order valence-electron chi connectivity index (χ2n) is 5.03. The van der Waals surface area contributed by atoms with Crippen LogP contribution in [0.3, 0.4) is 0 Å². The first-order valence-corrected chi connectivity index (χ1v) is 7.72. The molecule has 0 radical (unpaired) electrons. The molecule has 2 aromatic rings. The second kappa shape index (κ2) is 6.29. The Kier molecular flexibility index (Phi) is 4.89. The fraction of sp³-hybridized carbons (Fsp3) is 0.400. The van der Waals surface area contributed by atoms with Gasteiger partial charge in [0.25, 0.3) is 0 Å². The monoisotopic (exact) mass is 355 g/mol. The van der Waals surface area contributed by atoms with Gasteiger partial charge in [0, 0.05) is 23.1 Å². The molecule has 5 heteroatoms. The fourth-order valence-electron chi connectivity index (χ4n) is 2.32. The summed E-state index contributed by atoms with van der Waals surface area (Å²) in [6.45, 7) is 4.09. The zero-order chi connectivity index (χ0) is 14.9. The van der Waals surface area contributed by atoms with E-state index in [1.807, 2.05) is 21.0 Å². The number of aryl methyl sites for hydroxylation is 3. The Morgan fingerprint density at radius 1 is 1.40 bits per heavy atom. The SMILES string of the molecule is CNC(Cc1c(C)nn(C)c1Cl)c1ccc(C)c(Br)c1. The lowest BCUT2D eigenvalue weighted by Crippen LogP contribution is -2.19.